The molecule has 2 rings (SSSR count). The molecule has 1 heterocycles. The van der Waals surface area contributed by atoms with Gasteiger partial charge in [0.15, 0.2) is 6.61 Å². The van der Waals surface area contributed by atoms with E-state index in [4.69, 9.17) is 16.3 Å². The molecule has 0 saturated heterocycles. The zero-order chi connectivity index (χ0) is 20.9. The Bertz CT molecular complexity index is 872. The third-order valence-corrected chi connectivity index (χ3v) is 3.90. The molecule has 0 unspecified atom stereocenters. The van der Waals surface area contributed by atoms with Crippen molar-refractivity contribution in [1.82, 2.24) is 20.4 Å². The Kier molecular flexibility index (Phi) is 6.80. The van der Waals surface area contributed by atoms with Crippen molar-refractivity contribution in [3.63, 3.8) is 0 Å². The first-order chi connectivity index (χ1) is 13.1. The third-order valence-electron chi connectivity index (χ3n) is 3.52. The zero-order valence-corrected chi connectivity index (χ0v) is 17.0. The molecule has 0 atom stereocenters. The van der Waals surface area contributed by atoms with E-state index in [-0.39, 0.29) is 10.7 Å². The first kappa shape index (κ1) is 21.4. The van der Waals surface area contributed by atoms with E-state index in [0.717, 1.165) is 5.56 Å². The van der Waals surface area contributed by atoms with E-state index < -0.39 is 30.1 Å². The number of aromatic nitrogens is 2. The van der Waals surface area contributed by atoms with Gasteiger partial charge in [-0.2, -0.15) is 5.10 Å². The summed E-state index contributed by atoms with van der Waals surface area (Å²) in [6.07, 6.45) is 0. The van der Waals surface area contributed by atoms with Gasteiger partial charge < -0.3 is 10.1 Å². The van der Waals surface area contributed by atoms with Gasteiger partial charge in [0.2, 0.25) is 0 Å². The molecular formula is C19H23ClN4O4. The summed E-state index contributed by atoms with van der Waals surface area (Å²) in [5.74, 6) is -1.53. The molecule has 28 heavy (non-hydrogen) atoms. The molecule has 8 nitrogen and oxygen atoms in total. The van der Waals surface area contributed by atoms with Gasteiger partial charge >= 0.3 is 12.0 Å². The second-order valence-corrected chi connectivity index (χ2v) is 7.58. The summed E-state index contributed by atoms with van der Waals surface area (Å²) in [4.78, 5) is 35.8. The highest BCUT2D eigenvalue weighted by molar-refractivity contribution is 6.32. The van der Waals surface area contributed by atoms with E-state index >= 15 is 0 Å². The molecule has 9 heteroatoms. The Morgan fingerprint density at radius 3 is 2.43 bits per heavy atom. The molecule has 0 aliphatic carbocycles. The quantitative estimate of drug-likeness (QED) is 0.743. The minimum atomic E-state index is -0.784. The van der Waals surface area contributed by atoms with Crippen LogP contribution in [0.25, 0.3) is 0 Å². The van der Waals surface area contributed by atoms with Crippen molar-refractivity contribution in [2.24, 2.45) is 0 Å². The molecule has 0 saturated carbocycles. The summed E-state index contributed by atoms with van der Waals surface area (Å²) in [5, 5.41) is 9.04. The number of esters is 1. The number of urea groups is 1. The number of carbonyl (C=O) groups excluding carboxylic acids is 3. The number of benzene rings is 1. The van der Waals surface area contributed by atoms with Gasteiger partial charge in [0.1, 0.15) is 10.7 Å². The molecule has 0 aliphatic heterocycles. The van der Waals surface area contributed by atoms with Crippen molar-refractivity contribution < 1.29 is 19.1 Å². The van der Waals surface area contributed by atoms with Crippen molar-refractivity contribution in [3.8, 4) is 0 Å². The highest BCUT2D eigenvalue weighted by Crippen LogP contribution is 2.21. The Hall–Kier alpha value is -2.87. The van der Waals surface area contributed by atoms with Crippen molar-refractivity contribution >= 4 is 29.5 Å². The van der Waals surface area contributed by atoms with Crippen molar-refractivity contribution in [2.75, 3.05) is 6.61 Å². The topological polar surface area (TPSA) is 102 Å². The van der Waals surface area contributed by atoms with Crippen LogP contribution in [0, 0.1) is 6.92 Å². The Morgan fingerprint density at radius 1 is 1.18 bits per heavy atom. The molecule has 0 spiro atoms. The lowest BCUT2D eigenvalue weighted by Crippen LogP contribution is -2.49. The van der Waals surface area contributed by atoms with Crippen molar-refractivity contribution in [2.45, 2.75) is 39.8 Å². The number of halogens is 1. The lowest BCUT2D eigenvalue weighted by Gasteiger charge is -2.20. The van der Waals surface area contributed by atoms with Crippen LogP contribution in [0.5, 0.6) is 0 Å². The van der Waals surface area contributed by atoms with Crippen LogP contribution < -0.4 is 10.6 Å². The Labute approximate surface area is 168 Å². The summed E-state index contributed by atoms with van der Waals surface area (Å²) in [6, 6.07) is 8.84. The number of nitrogens with one attached hydrogen (secondary N) is 2. The highest BCUT2D eigenvalue weighted by Gasteiger charge is 2.23. The maximum Gasteiger partial charge on any atom is 0.343 e. The van der Waals surface area contributed by atoms with E-state index in [9.17, 15) is 14.4 Å². The van der Waals surface area contributed by atoms with E-state index in [1.807, 2.05) is 30.3 Å². The molecule has 0 radical (unpaired) electrons. The monoisotopic (exact) mass is 406 g/mol. The smallest absolute Gasteiger partial charge is 0.343 e. The fourth-order valence-corrected chi connectivity index (χ4v) is 2.70. The van der Waals surface area contributed by atoms with Gasteiger partial charge in [0.25, 0.3) is 5.91 Å². The maximum atomic E-state index is 12.3. The lowest BCUT2D eigenvalue weighted by molar-refractivity contribution is -0.123. The van der Waals surface area contributed by atoms with Crippen molar-refractivity contribution in [3.05, 3.63) is 52.3 Å². The average Bonchev–Trinajstić information content (AvgIpc) is 2.85. The fourth-order valence-electron chi connectivity index (χ4n) is 2.38. The predicted octanol–water partition coefficient (Wildman–Crippen LogP) is 2.67. The second kappa shape index (κ2) is 8.88. The molecule has 3 amide bonds. The first-order valence-corrected chi connectivity index (χ1v) is 9.00. The van der Waals surface area contributed by atoms with Crippen molar-refractivity contribution in [1.29, 1.82) is 0 Å². The van der Waals surface area contributed by atoms with Crippen LogP contribution in [-0.2, 0) is 16.1 Å². The molecule has 150 valence electrons. The molecule has 0 aliphatic rings. The van der Waals surface area contributed by atoms with Crippen LogP contribution in [0.15, 0.2) is 30.3 Å². The summed E-state index contributed by atoms with van der Waals surface area (Å²) >= 11 is 6.28. The van der Waals surface area contributed by atoms with Crippen LogP contribution >= 0.6 is 11.6 Å². The third kappa shape index (κ3) is 6.09. The zero-order valence-electron chi connectivity index (χ0n) is 16.2. The molecule has 1 aromatic heterocycles. The predicted molar refractivity (Wildman–Crippen MR) is 104 cm³/mol. The van der Waals surface area contributed by atoms with E-state index in [1.54, 1.807) is 27.7 Å². The summed E-state index contributed by atoms with van der Waals surface area (Å²) < 4.78 is 6.46. The van der Waals surface area contributed by atoms with E-state index in [2.05, 4.69) is 15.7 Å². The van der Waals surface area contributed by atoms with Crippen LogP contribution in [0.1, 0.15) is 42.4 Å². The van der Waals surface area contributed by atoms with Gasteiger partial charge in [-0.25, -0.2) is 14.3 Å². The summed E-state index contributed by atoms with van der Waals surface area (Å²) in [5.41, 5.74) is 0.941. The van der Waals surface area contributed by atoms with Crippen LogP contribution in [-0.4, -0.2) is 39.8 Å². The number of aryl methyl sites for hydroxylation is 1. The Balaban J connectivity index is 1.97. The first-order valence-electron chi connectivity index (χ1n) is 8.63. The molecular weight excluding hydrogens is 384 g/mol. The molecule has 2 N–H and O–H groups in total. The molecule has 2 aromatic rings. The van der Waals surface area contributed by atoms with E-state index in [0.29, 0.717) is 12.2 Å². The molecule has 0 fully saturated rings. The van der Waals surface area contributed by atoms with Crippen LogP contribution in [0.3, 0.4) is 0 Å². The van der Waals surface area contributed by atoms with Gasteiger partial charge in [-0.05, 0) is 33.3 Å². The lowest BCUT2D eigenvalue weighted by atomic mass is 10.1. The average molecular weight is 407 g/mol. The van der Waals surface area contributed by atoms with Gasteiger partial charge in [-0.15, -0.1) is 0 Å². The Morgan fingerprint density at radius 2 is 1.82 bits per heavy atom. The molecule has 0 bridgehead atoms. The number of hydrogen-bond acceptors (Lipinski definition) is 5. The number of amides is 3. The number of carbonyl (C=O) groups is 3. The van der Waals surface area contributed by atoms with Crippen LogP contribution in [0.4, 0.5) is 4.79 Å². The highest BCUT2D eigenvalue weighted by atomic mass is 35.5. The van der Waals surface area contributed by atoms with Crippen LogP contribution in [0.2, 0.25) is 5.15 Å². The minimum absolute atomic E-state index is 0.0875. The molecule has 1 aromatic carbocycles. The normalized spacial score (nSPS) is 11.0. The maximum absolute atomic E-state index is 12.3. The number of rotatable bonds is 5. The van der Waals surface area contributed by atoms with Gasteiger partial charge in [-0.1, -0.05) is 41.9 Å². The largest absolute Gasteiger partial charge is 0.452 e. The standard InChI is InChI=1S/C19H23ClN4O4/c1-12-15(16(20)24(23-12)10-13-8-6-5-7-9-13)17(26)28-11-14(25)21-18(27)22-19(2,3)4/h5-9H,10-11H2,1-4H3,(H2,21,22,25,27). The number of nitrogens with zero attached hydrogens (tertiary/aromatic N) is 2. The van der Waals surface area contributed by atoms with Gasteiger partial charge in [0.05, 0.1) is 12.2 Å². The van der Waals surface area contributed by atoms with E-state index in [1.165, 1.54) is 4.68 Å². The minimum Gasteiger partial charge on any atom is -0.452 e. The number of ether oxygens (including phenoxy) is 1. The second-order valence-electron chi connectivity index (χ2n) is 7.22. The summed E-state index contributed by atoms with van der Waals surface area (Å²) in [7, 11) is 0. The number of hydrogen-bond donors (Lipinski definition) is 2. The van der Waals surface area contributed by atoms with Gasteiger partial charge in [-0.3, -0.25) is 10.1 Å². The van der Waals surface area contributed by atoms with Gasteiger partial charge in [0, 0.05) is 5.54 Å². The SMILES string of the molecule is Cc1nn(Cc2ccccc2)c(Cl)c1C(=O)OCC(=O)NC(=O)NC(C)(C)C. The fraction of sp³-hybridized carbons (Fsp3) is 0.368. The summed E-state index contributed by atoms with van der Waals surface area (Å²) in [6.45, 7) is 6.72. The number of imide groups is 1.